The molecule has 0 saturated carbocycles. The molecule has 1 aromatic heterocycles. The fraction of sp³-hybridized carbons (Fsp3) is 0. The van der Waals surface area contributed by atoms with Gasteiger partial charge in [-0.25, -0.2) is 4.79 Å². The highest BCUT2D eigenvalue weighted by atomic mass is 35.5. The van der Waals surface area contributed by atoms with Crippen LogP contribution < -0.4 is 4.74 Å². The highest BCUT2D eigenvalue weighted by Gasteiger charge is 2.19. The predicted octanol–water partition coefficient (Wildman–Crippen LogP) is 3.13. The maximum Gasteiger partial charge on any atom is 0.339 e. The van der Waals surface area contributed by atoms with Gasteiger partial charge >= 0.3 is 11.7 Å². The van der Waals surface area contributed by atoms with E-state index < -0.39 is 10.9 Å². The van der Waals surface area contributed by atoms with Crippen molar-refractivity contribution in [3.63, 3.8) is 0 Å². The van der Waals surface area contributed by atoms with E-state index in [9.17, 15) is 14.9 Å². The topological polar surface area (TPSA) is 103 Å². The van der Waals surface area contributed by atoms with E-state index in [0.717, 1.165) is 6.20 Å². The van der Waals surface area contributed by atoms with Gasteiger partial charge in [-0.3, -0.25) is 15.1 Å². The van der Waals surface area contributed by atoms with Crippen molar-refractivity contribution in [1.82, 2.24) is 4.98 Å². The molecule has 1 heterocycles. The molecule has 0 fully saturated rings. The Morgan fingerprint density at radius 1 is 1.35 bits per heavy atom. The highest BCUT2D eigenvalue weighted by Crippen LogP contribution is 2.34. The lowest BCUT2D eigenvalue weighted by molar-refractivity contribution is -0.385. The number of ether oxygens (including phenoxy) is 1. The number of benzene rings is 1. The first kappa shape index (κ1) is 13.8. The fourth-order valence-corrected chi connectivity index (χ4v) is 1.64. The van der Waals surface area contributed by atoms with E-state index in [-0.39, 0.29) is 27.8 Å². The Labute approximate surface area is 117 Å². The number of halogens is 1. The van der Waals surface area contributed by atoms with Crippen molar-refractivity contribution in [2.75, 3.05) is 0 Å². The number of carbonyl (C=O) groups is 1. The predicted molar refractivity (Wildman–Crippen MR) is 69.4 cm³/mol. The molecule has 0 aliphatic carbocycles. The molecular formula is C12H7ClN2O5. The molecule has 1 N–H and O–H groups in total. The Bertz CT molecular complexity index is 689. The summed E-state index contributed by atoms with van der Waals surface area (Å²) in [5.74, 6) is -1.49. The Morgan fingerprint density at radius 3 is 2.75 bits per heavy atom. The lowest BCUT2D eigenvalue weighted by Gasteiger charge is -2.08. The first-order chi connectivity index (χ1) is 9.49. The minimum absolute atomic E-state index is 0.106. The number of nitro benzene ring substituents is 1. The average molecular weight is 295 g/mol. The smallest absolute Gasteiger partial charge is 0.339 e. The Kier molecular flexibility index (Phi) is 3.81. The molecule has 0 bridgehead atoms. The van der Waals surface area contributed by atoms with E-state index in [0.29, 0.717) is 0 Å². The molecule has 0 radical (unpaired) electrons. The van der Waals surface area contributed by atoms with Crippen molar-refractivity contribution >= 4 is 23.3 Å². The number of nitrogens with zero attached hydrogens (tertiary/aromatic N) is 2. The largest absolute Gasteiger partial charge is 0.478 e. The summed E-state index contributed by atoms with van der Waals surface area (Å²) in [6.45, 7) is 0. The van der Waals surface area contributed by atoms with Gasteiger partial charge in [0.05, 0.1) is 11.1 Å². The summed E-state index contributed by atoms with van der Waals surface area (Å²) in [4.78, 5) is 25.0. The summed E-state index contributed by atoms with van der Waals surface area (Å²) in [6, 6.07) is 4.98. The van der Waals surface area contributed by atoms with Gasteiger partial charge in [-0.2, -0.15) is 0 Å². The molecular weight excluding hydrogens is 288 g/mol. The number of carboxylic acid groups (broad SMARTS) is 1. The molecule has 2 rings (SSSR count). The third kappa shape index (κ3) is 2.83. The van der Waals surface area contributed by atoms with Crippen LogP contribution in [0.3, 0.4) is 0 Å². The standard InChI is InChI=1S/C12H7ClN2O5/c13-7-1-2-9(15(18)19)10(5-7)20-11-6-14-4-3-8(11)12(16)17/h1-6H,(H,16,17). The number of rotatable bonds is 4. The molecule has 7 nitrogen and oxygen atoms in total. The summed E-state index contributed by atoms with van der Waals surface area (Å²) >= 11 is 5.76. The Morgan fingerprint density at radius 2 is 2.10 bits per heavy atom. The Hall–Kier alpha value is -2.67. The van der Waals surface area contributed by atoms with Crippen LogP contribution in [0.2, 0.25) is 5.02 Å². The number of hydrogen-bond donors (Lipinski definition) is 1. The second-order valence-corrected chi connectivity index (χ2v) is 4.08. The van der Waals surface area contributed by atoms with Crippen molar-refractivity contribution < 1.29 is 19.6 Å². The van der Waals surface area contributed by atoms with Crippen LogP contribution in [0.5, 0.6) is 11.5 Å². The van der Waals surface area contributed by atoms with Gasteiger partial charge in [0.25, 0.3) is 0 Å². The molecule has 0 saturated heterocycles. The monoisotopic (exact) mass is 294 g/mol. The maximum atomic E-state index is 11.0. The summed E-state index contributed by atoms with van der Waals surface area (Å²) in [5, 5.41) is 20.1. The van der Waals surface area contributed by atoms with Crippen LogP contribution in [0.15, 0.2) is 36.7 Å². The average Bonchev–Trinajstić information content (AvgIpc) is 2.38. The zero-order valence-corrected chi connectivity index (χ0v) is 10.6. The van der Waals surface area contributed by atoms with Gasteiger partial charge < -0.3 is 9.84 Å². The van der Waals surface area contributed by atoms with Crippen LogP contribution in [0, 0.1) is 10.1 Å². The Balaban J connectivity index is 2.47. The van der Waals surface area contributed by atoms with E-state index in [2.05, 4.69) is 4.98 Å². The molecule has 0 aliphatic rings. The summed E-state index contributed by atoms with van der Waals surface area (Å²) in [5.41, 5.74) is -0.483. The van der Waals surface area contributed by atoms with Crippen LogP contribution >= 0.6 is 11.6 Å². The lowest BCUT2D eigenvalue weighted by atomic mass is 10.2. The van der Waals surface area contributed by atoms with Gasteiger partial charge in [-0.1, -0.05) is 11.6 Å². The van der Waals surface area contributed by atoms with Gasteiger partial charge in [0.1, 0.15) is 5.56 Å². The summed E-state index contributed by atoms with van der Waals surface area (Å²) < 4.78 is 5.27. The zero-order chi connectivity index (χ0) is 14.7. The molecule has 0 unspecified atom stereocenters. The third-order valence-electron chi connectivity index (χ3n) is 2.35. The molecule has 0 amide bonds. The normalized spacial score (nSPS) is 10.1. The minimum Gasteiger partial charge on any atom is -0.478 e. The second kappa shape index (κ2) is 5.54. The van der Waals surface area contributed by atoms with Crippen LogP contribution in [-0.2, 0) is 0 Å². The number of nitro groups is 1. The van der Waals surface area contributed by atoms with E-state index in [1.165, 1.54) is 30.5 Å². The third-order valence-corrected chi connectivity index (χ3v) is 2.59. The first-order valence-electron chi connectivity index (χ1n) is 5.28. The van der Waals surface area contributed by atoms with Gasteiger partial charge in [0.15, 0.2) is 5.75 Å². The maximum absolute atomic E-state index is 11.0. The number of carboxylic acids is 1. The fourth-order valence-electron chi connectivity index (χ4n) is 1.48. The van der Waals surface area contributed by atoms with Crippen LogP contribution in [-0.4, -0.2) is 21.0 Å². The van der Waals surface area contributed by atoms with E-state index in [1.807, 2.05) is 0 Å². The summed E-state index contributed by atoms with van der Waals surface area (Å²) in [7, 11) is 0. The van der Waals surface area contributed by atoms with Gasteiger partial charge in [-0.15, -0.1) is 0 Å². The van der Waals surface area contributed by atoms with Crippen molar-refractivity contribution in [1.29, 1.82) is 0 Å². The number of hydrogen-bond acceptors (Lipinski definition) is 5. The van der Waals surface area contributed by atoms with Crippen molar-refractivity contribution in [2.45, 2.75) is 0 Å². The minimum atomic E-state index is -1.23. The molecule has 0 atom stereocenters. The number of pyridine rings is 1. The quantitative estimate of drug-likeness (QED) is 0.686. The van der Waals surface area contributed by atoms with Crippen molar-refractivity contribution in [3.05, 3.63) is 57.4 Å². The van der Waals surface area contributed by atoms with Crippen LogP contribution in [0.4, 0.5) is 5.69 Å². The molecule has 2 aromatic rings. The van der Waals surface area contributed by atoms with E-state index >= 15 is 0 Å². The molecule has 102 valence electrons. The van der Waals surface area contributed by atoms with Crippen LogP contribution in [0.1, 0.15) is 10.4 Å². The van der Waals surface area contributed by atoms with Gasteiger partial charge in [0, 0.05) is 23.4 Å². The SMILES string of the molecule is O=C(O)c1ccncc1Oc1cc(Cl)ccc1[N+](=O)[O-]. The number of aromatic carboxylic acids is 1. The molecule has 0 spiro atoms. The second-order valence-electron chi connectivity index (χ2n) is 3.65. The molecule has 0 aliphatic heterocycles. The first-order valence-corrected chi connectivity index (χ1v) is 5.66. The van der Waals surface area contributed by atoms with Gasteiger partial charge in [0.2, 0.25) is 5.75 Å². The van der Waals surface area contributed by atoms with Crippen LogP contribution in [0.25, 0.3) is 0 Å². The molecule has 1 aromatic carbocycles. The van der Waals surface area contributed by atoms with Crippen molar-refractivity contribution in [2.24, 2.45) is 0 Å². The number of aromatic nitrogens is 1. The van der Waals surface area contributed by atoms with Gasteiger partial charge in [-0.05, 0) is 12.1 Å². The lowest BCUT2D eigenvalue weighted by Crippen LogP contribution is -2.01. The van der Waals surface area contributed by atoms with Crippen molar-refractivity contribution in [3.8, 4) is 11.5 Å². The van der Waals surface area contributed by atoms with E-state index in [1.54, 1.807) is 0 Å². The summed E-state index contributed by atoms with van der Waals surface area (Å²) in [6.07, 6.45) is 2.44. The zero-order valence-electron chi connectivity index (χ0n) is 9.82. The highest BCUT2D eigenvalue weighted by molar-refractivity contribution is 6.30. The van der Waals surface area contributed by atoms with E-state index in [4.69, 9.17) is 21.4 Å². The molecule has 20 heavy (non-hydrogen) atoms. The molecule has 8 heteroatoms.